The zero-order chi connectivity index (χ0) is 17.9. The molecular formula is C18H22N6OS. The third-order valence-corrected chi connectivity index (χ3v) is 5.52. The molecule has 0 unspecified atom stereocenters. The van der Waals surface area contributed by atoms with Crippen molar-refractivity contribution in [3.63, 3.8) is 0 Å². The Labute approximate surface area is 155 Å². The first-order valence-corrected chi connectivity index (χ1v) is 9.81. The summed E-state index contributed by atoms with van der Waals surface area (Å²) in [5, 5.41) is 5.38. The molecule has 4 heterocycles. The quantitative estimate of drug-likeness (QED) is 0.683. The van der Waals surface area contributed by atoms with Gasteiger partial charge in [0.1, 0.15) is 0 Å². The van der Waals surface area contributed by atoms with E-state index in [1.807, 2.05) is 18.3 Å². The molecule has 3 aromatic heterocycles. The molecule has 7 nitrogen and oxygen atoms in total. The first-order valence-electron chi connectivity index (χ1n) is 9.00. The average Bonchev–Trinajstić information content (AvgIpc) is 3.08. The number of nitrogens with zero attached hydrogens (tertiary/aromatic N) is 6. The van der Waals surface area contributed by atoms with E-state index in [0.717, 1.165) is 62.1 Å². The van der Waals surface area contributed by atoms with Crippen LogP contribution >= 0.6 is 11.3 Å². The Kier molecular flexibility index (Phi) is 4.94. The number of anilines is 1. The summed E-state index contributed by atoms with van der Waals surface area (Å²) in [6, 6.07) is 7.63. The van der Waals surface area contributed by atoms with Crippen LogP contribution in [0.25, 0.3) is 4.96 Å². The largest absolute Gasteiger partial charge is 0.344 e. The van der Waals surface area contributed by atoms with Crippen LogP contribution in [-0.4, -0.2) is 50.7 Å². The molecule has 1 fully saturated rings. The van der Waals surface area contributed by atoms with Gasteiger partial charge in [0.2, 0.25) is 10.1 Å². The molecule has 3 aromatic rings. The van der Waals surface area contributed by atoms with E-state index in [1.165, 1.54) is 15.9 Å². The monoisotopic (exact) mass is 370 g/mol. The lowest BCUT2D eigenvalue weighted by molar-refractivity contribution is 0.247. The van der Waals surface area contributed by atoms with Crippen LogP contribution in [0.2, 0.25) is 0 Å². The normalized spacial score (nSPS) is 15.7. The van der Waals surface area contributed by atoms with Crippen molar-refractivity contribution < 1.29 is 0 Å². The second-order valence-corrected chi connectivity index (χ2v) is 7.43. The van der Waals surface area contributed by atoms with E-state index in [0.29, 0.717) is 4.96 Å². The number of rotatable bonds is 5. The van der Waals surface area contributed by atoms with Gasteiger partial charge in [-0.25, -0.2) is 4.98 Å². The van der Waals surface area contributed by atoms with Crippen molar-refractivity contribution >= 4 is 21.4 Å². The Morgan fingerprint density at radius 3 is 2.73 bits per heavy atom. The topological polar surface area (TPSA) is 66.6 Å². The molecule has 0 amide bonds. The first kappa shape index (κ1) is 17.1. The Morgan fingerprint density at radius 2 is 2.00 bits per heavy atom. The Morgan fingerprint density at radius 1 is 1.15 bits per heavy atom. The van der Waals surface area contributed by atoms with Crippen molar-refractivity contribution in [2.75, 3.05) is 31.1 Å². The van der Waals surface area contributed by atoms with Gasteiger partial charge in [0, 0.05) is 50.7 Å². The van der Waals surface area contributed by atoms with Crippen molar-refractivity contribution in [3.05, 3.63) is 52.2 Å². The van der Waals surface area contributed by atoms with Crippen LogP contribution in [0, 0.1) is 0 Å². The van der Waals surface area contributed by atoms with E-state index in [-0.39, 0.29) is 5.56 Å². The summed E-state index contributed by atoms with van der Waals surface area (Å²) in [6.45, 7) is 6.65. The molecule has 0 saturated carbocycles. The fourth-order valence-electron chi connectivity index (χ4n) is 3.18. The SMILES string of the molecule is CCCc1cc(=O)n2nc(N3CCN(Cc4ccccn4)CC3)sc2n1. The maximum Gasteiger partial charge on any atom is 0.275 e. The molecule has 4 rings (SSSR count). The second-order valence-electron chi connectivity index (χ2n) is 6.50. The van der Waals surface area contributed by atoms with E-state index in [4.69, 9.17) is 0 Å². The lowest BCUT2D eigenvalue weighted by atomic mass is 10.2. The molecule has 0 spiro atoms. The van der Waals surface area contributed by atoms with Crippen LogP contribution in [0.1, 0.15) is 24.7 Å². The fraction of sp³-hybridized carbons (Fsp3) is 0.444. The molecule has 0 radical (unpaired) electrons. The molecular weight excluding hydrogens is 348 g/mol. The van der Waals surface area contributed by atoms with Crippen LogP contribution in [-0.2, 0) is 13.0 Å². The third kappa shape index (κ3) is 3.61. The zero-order valence-electron chi connectivity index (χ0n) is 14.8. The maximum atomic E-state index is 12.3. The standard InChI is InChI=1S/C18H22N6OS/c1-2-5-14-12-16(25)24-17(20-14)26-18(21-24)23-10-8-22(9-11-23)13-15-6-3-4-7-19-15/h3-4,6-7,12H,2,5,8-11,13H2,1H3. The van der Waals surface area contributed by atoms with Gasteiger partial charge in [0.05, 0.1) is 5.69 Å². The number of pyridine rings is 1. The predicted octanol–water partition coefficient (Wildman–Crippen LogP) is 1.82. The zero-order valence-corrected chi connectivity index (χ0v) is 15.7. The molecule has 0 aromatic carbocycles. The summed E-state index contributed by atoms with van der Waals surface area (Å²) < 4.78 is 1.43. The molecule has 1 saturated heterocycles. The van der Waals surface area contributed by atoms with Crippen LogP contribution in [0.4, 0.5) is 5.13 Å². The highest BCUT2D eigenvalue weighted by Gasteiger charge is 2.21. The summed E-state index contributed by atoms with van der Waals surface area (Å²) in [7, 11) is 0. The minimum atomic E-state index is -0.0882. The van der Waals surface area contributed by atoms with E-state index in [1.54, 1.807) is 6.07 Å². The molecule has 0 bridgehead atoms. The smallest absolute Gasteiger partial charge is 0.275 e. The van der Waals surface area contributed by atoms with Crippen LogP contribution in [0.15, 0.2) is 35.3 Å². The van der Waals surface area contributed by atoms with Gasteiger partial charge >= 0.3 is 0 Å². The average molecular weight is 370 g/mol. The van der Waals surface area contributed by atoms with Gasteiger partial charge in [-0.15, -0.1) is 5.10 Å². The first-order chi connectivity index (χ1) is 12.7. The summed E-state index contributed by atoms with van der Waals surface area (Å²) in [6.07, 6.45) is 3.64. The highest BCUT2D eigenvalue weighted by Crippen LogP contribution is 2.23. The molecule has 136 valence electrons. The molecule has 26 heavy (non-hydrogen) atoms. The van der Waals surface area contributed by atoms with Gasteiger partial charge in [-0.1, -0.05) is 30.7 Å². The molecule has 1 aliphatic rings. The van der Waals surface area contributed by atoms with Gasteiger partial charge in [-0.05, 0) is 18.6 Å². The molecule has 8 heteroatoms. The van der Waals surface area contributed by atoms with Crippen molar-refractivity contribution in [3.8, 4) is 0 Å². The third-order valence-electron chi connectivity index (χ3n) is 4.55. The summed E-state index contributed by atoms with van der Waals surface area (Å²) in [4.78, 5) is 26.6. The van der Waals surface area contributed by atoms with Gasteiger partial charge in [0.25, 0.3) is 5.56 Å². The van der Waals surface area contributed by atoms with Gasteiger partial charge in [0.15, 0.2) is 0 Å². The van der Waals surface area contributed by atoms with E-state index < -0.39 is 0 Å². The second kappa shape index (κ2) is 7.51. The number of fused-ring (bicyclic) bond motifs is 1. The van der Waals surface area contributed by atoms with Crippen molar-refractivity contribution in [2.24, 2.45) is 0 Å². The summed E-state index contributed by atoms with van der Waals surface area (Å²) in [5.74, 6) is 0. The number of aryl methyl sites for hydroxylation is 1. The fourth-order valence-corrected chi connectivity index (χ4v) is 4.15. The van der Waals surface area contributed by atoms with E-state index in [2.05, 4.69) is 37.9 Å². The number of piperazine rings is 1. The number of hydrogen-bond acceptors (Lipinski definition) is 7. The number of aromatic nitrogens is 4. The minimum absolute atomic E-state index is 0.0882. The summed E-state index contributed by atoms with van der Waals surface area (Å²) >= 11 is 1.50. The highest BCUT2D eigenvalue weighted by molar-refractivity contribution is 7.20. The molecule has 0 N–H and O–H groups in total. The van der Waals surface area contributed by atoms with Crippen LogP contribution in [0.5, 0.6) is 0 Å². The molecule has 0 atom stereocenters. The van der Waals surface area contributed by atoms with Gasteiger partial charge in [-0.3, -0.25) is 14.7 Å². The van der Waals surface area contributed by atoms with Crippen LogP contribution < -0.4 is 10.5 Å². The predicted molar refractivity (Wildman–Crippen MR) is 103 cm³/mol. The highest BCUT2D eigenvalue weighted by atomic mass is 32.1. The number of hydrogen-bond donors (Lipinski definition) is 0. The van der Waals surface area contributed by atoms with Gasteiger partial charge < -0.3 is 4.90 Å². The summed E-state index contributed by atoms with van der Waals surface area (Å²) in [5.41, 5.74) is 1.86. The molecule has 1 aliphatic heterocycles. The lowest BCUT2D eigenvalue weighted by Crippen LogP contribution is -2.46. The Bertz CT molecular complexity index is 930. The van der Waals surface area contributed by atoms with E-state index >= 15 is 0 Å². The van der Waals surface area contributed by atoms with Crippen molar-refractivity contribution in [2.45, 2.75) is 26.3 Å². The van der Waals surface area contributed by atoms with E-state index in [9.17, 15) is 4.79 Å². The maximum absolute atomic E-state index is 12.3. The van der Waals surface area contributed by atoms with Crippen molar-refractivity contribution in [1.82, 2.24) is 24.5 Å². The Hall–Kier alpha value is -2.32. The minimum Gasteiger partial charge on any atom is -0.344 e. The van der Waals surface area contributed by atoms with Crippen LogP contribution in [0.3, 0.4) is 0 Å². The van der Waals surface area contributed by atoms with Crippen molar-refractivity contribution in [1.29, 1.82) is 0 Å². The molecule has 0 aliphatic carbocycles. The Balaban J connectivity index is 1.45. The lowest BCUT2D eigenvalue weighted by Gasteiger charge is -2.34. The van der Waals surface area contributed by atoms with Gasteiger partial charge in [-0.2, -0.15) is 4.52 Å².